The van der Waals surface area contributed by atoms with Crippen LogP contribution < -0.4 is 14.8 Å². The van der Waals surface area contributed by atoms with Gasteiger partial charge in [-0.3, -0.25) is 14.5 Å². The van der Waals surface area contributed by atoms with Gasteiger partial charge in [-0.05, 0) is 42.0 Å². The van der Waals surface area contributed by atoms with E-state index in [1.165, 1.54) is 12.3 Å². The molecule has 0 radical (unpaired) electrons. The molecule has 2 aromatic carbocycles. The summed E-state index contributed by atoms with van der Waals surface area (Å²) in [5, 5.41) is 2.23. The fourth-order valence-electron chi connectivity index (χ4n) is 2.25. The molecule has 3 aromatic rings. The van der Waals surface area contributed by atoms with Crippen LogP contribution in [0.1, 0.15) is 15.9 Å². The molecule has 0 spiro atoms. The Morgan fingerprint density at radius 2 is 1.90 bits per heavy atom. The number of carbonyl (C=O) groups is 2. The minimum Gasteiger partial charge on any atom is -0.489 e. The van der Waals surface area contributed by atoms with Crippen molar-refractivity contribution in [1.29, 1.82) is 0 Å². The van der Waals surface area contributed by atoms with Gasteiger partial charge >= 0.3 is 6.03 Å². The van der Waals surface area contributed by atoms with Crippen molar-refractivity contribution in [3.05, 3.63) is 89.8 Å². The van der Waals surface area contributed by atoms with Gasteiger partial charge in [-0.2, -0.15) is 0 Å². The Balaban J connectivity index is 1.51. The third-order valence-electron chi connectivity index (χ3n) is 3.62. The molecule has 0 unspecified atom stereocenters. The molecule has 2 amide bonds. The molecule has 3 rings (SSSR count). The number of halogens is 2. The van der Waals surface area contributed by atoms with Crippen molar-refractivity contribution < 1.29 is 23.1 Å². The summed E-state index contributed by atoms with van der Waals surface area (Å²) in [6, 6.07) is 12.6. The second-order valence-corrected chi connectivity index (χ2v) is 6.53. The van der Waals surface area contributed by atoms with Gasteiger partial charge in [0.2, 0.25) is 5.12 Å². The van der Waals surface area contributed by atoms with Crippen molar-refractivity contribution in [3.63, 3.8) is 0 Å². The molecule has 6 nitrogen and oxygen atoms in total. The maximum absolute atomic E-state index is 13.2. The van der Waals surface area contributed by atoms with Crippen molar-refractivity contribution >= 4 is 28.8 Å². The average molecular weight is 415 g/mol. The zero-order chi connectivity index (χ0) is 20.6. The lowest BCUT2D eigenvalue weighted by Crippen LogP contribution is -2.24. The molecule has 2 N–H and O–H groups in total. The number of nitrogens with one attached hydrogen (secondary N) is 2. The largest absolute Gasteiger partial charge is 0.489 e. The Morgan fingerprint density at radius 3 is 2.66 bits per heavy atom. The number of amides is 2. The Bertz CT molecular complexity index is 1020. The van der Waals surface area contributed by atoms with Crippen LogP contribution in [-0.4, -0.2) is 16.1 Å². The number of anilines is 1. The van der Waals surface area contributed by atoms with Crippen LogP contribution in [0.4, 0.5) is 19.3 Å². The fraction of sp³-hybridized carbons (Fsp3) is 0.0500. The second kappa shape index (κ2) is 9.65. The number of benzene rings is 2. The molecule has 1 aromatic heterocycles. The van der Waals surface area contributed by atoms with Gasteiger partial charge in [0.25, 0.3) is 0 Å². The lowest BCUT2D eigenvalue weighted by molar-refractivity contribution is 0.108. The number of carbonyl (C=O) groups excluding carboxylic acids is 2. The fourth-order valence-corrected chi connectivity index (χ4v) is 2.73. The minimum absolute atomic E-state index is 0.0301. The van der Waals surface area contributed by atoms with Gasteiger partial charge in [0, 0.05) is 41.7 Å². The molecule has 1 heterocycles. The summed E-state index contributed by atoms with van der Waals surface area (Å²) >= 11 is 0.633. The highest BCUT2D eigenvalue weighted by molar-refractivity contribution is 8.12. The molecule has 0 saturated heterocycles. The predicted molar refractivity (Wildman–Crippen MR) is 105 cm³/mol. The van der Waals surface area contributed by atoms with Gasteiger partial charge in [0.05, 0.1) is 0 Å². The molecule has 0 saturated carbocycles. The average Bonchev–Trinajstić information content (AvgIpc) is 2.74. The van der Waals surface area contributed by atoms with E-state index in [2.05, 4.69) is 15.0 Å². The van der Waals surface area contributed by atoms with Crippen molar-refractivity contribution in [2.24, 2.45) is 0 Å². The molecule has 148 valence electrons. The first-order chi connectivity index (χ1) is 14.0. The third kappa shape index (κ3) is 6.01. The van der Waals surface area contributed by atoms with Gasteiger partial charge in [-0.1, -0.05) is 12.1 Å². The Kier molecular flexibility index (Phi) is 6.75. The van der Waals surface area contributed by atoms with Gasteiger partial charge in [0.15, 0.2) is 11.6 Å². The highest BCUT2D eigenvalue weighted by atomic mass is 32.2. The van der Waals surface area contributed by atoms with Gasteiger partial charge in [-0.15, -0.1) is 0 Å². The molecule has 0 aliphatic carbocycles. The first kappa shape index (κ1) is 20.3. The molecular formula is C20H15F2N3O3S. The molecular weight excluding hydrogens is 400 g/mol. The number of rotatable bonds is 5. The molecule has 0 aliphatic rings. The first-order valence-electron chi connectivity index (χ1n) is 8.36. The number of urea groups is 1. The first-order valence-corrected chi connectivity index (χ1v) is 9.18. The normalized spacial score (nSPS) is 10.3. The summed E-state index contributed by atoms with van der Waals surface area (Å²) in [6.07, 6.45) is 2.95. The zero-order valence-corrected chi connectivity index (χ0v) is 15.7. The Morgan fingerprint density at radius 1 is 1.03 bits per heavy atom. The monoisotopic (exact) mass is 415 g/mol. The van der Waals surface area contributed by atoms with Crippen LogP contribution in [0.15, 0.2) is 67.0 Å². The number of aromatic nitrogens is 1. The smallest absolute Gasteiger partial charge is 0.329 e. The van der Waals surface area contributed by atoms with E-state index in [9.17, 15) is 18.4 Å². The second-order valence-electron chi connectivity index (χ2n) is 5.75. The van der Waals surface area contributed by atoms with Crippen LogP contribution in [0.5, 0.6) is 5.75 Å². The summed E-state index contributed by atoms with van der Waals surface area (Å²) in [5.41, 5.74) is 1.26. The van der Waals surface area contributed by atoms with Gasteiger partial charge < -0.3 is 10.1 Å². The van der Waals surface area contributed by atoms with Crippen LogP contribution in [0, 0.1) is 11.6 Å². The standard InChI is InChI=1S/C20H15F2N3O3S/c21-17-7-6-13(9-18(17)22)12-28-16-5-1-4-15(10-16)24-20(27)25-29-19(26)14-3-2-8-23-11-14/h1-11H,12H2,(H2,24,25,27). The molecule has 29 heavy (non-hydrogen) atoms. The molecule has 0 bridgehead atoms. The van der Waals surface area contributed by atoms with Crippen LogP contribution in [0.3, 0.4) is 0 Å². The van der Waals surface area contributed by atoms with E-state index < -0.39 is 17.7 Å². The molecule has 9 heteroatoms. The van der Waals surface area contributed by atoms with E-state index >= 15 is 0 Å². The summed E-state index contributed by atoms with van der Waals surface area (Å²) in [5.74, 6) is -1.45. The quantitative estimate of drug-likeness (QED) is 0.598. The van der Waals surface area contributed by atoms with Crippen molar-refractivity contribution in [2.45, 2.75) is 6.61 Å². The molecule has 0 fully saturated rings. The van der Waals surface area contributed by atoms with Gasteiger partial charge in [0.1, 0.15) is 12.4 Å². The summed E-state index contributed by atoms with van der Waals surface area (Å²) < 4.78 is 34.1. The lowest BCUT2D eigenvalue weighted by Gasteiger charge is -2.10. The van der Waals surface area contributed by atoms with E-state index in [-0.39, 0.29) is 11.7 Å². The van der Waals surface area contributed by atoms with E-state index in [4.69, 9.17) is 4.74 Å². The molecule has 0 aliphatic heterocycles. The van der Waals surface area contributed by atoms with Crippen LogP contribution >= 0.6 is 11.9 Å². The van der Waals surface area contributed by atoms with Crippen molar-refractivity contribution in [3.8, 4) is 5.75 Å². The van der Waals surface area contributed by atoms with Crippen LogP contribution in [-0.2, 0) is 6.61 Å². The minimum atomic E-state index is -0.948. The SMILES string of the molecule is O=C(NSC(=O)c1cccnc1)Nc1cccc(OCc2ccc(F)c(F)c2)c1. The van der Waals surface area contributed by atoms with Gasteiger partial charge in [-0.25, -0.2) is 13.6 Å². The lowest BCUT2D eigenvalue weighted by atomic mass is 10.2. The Labute approximate surface area is 169 Å². The number of hydrogen-bond acceptors (Lipinski definition) is 5. The summed E-state index contributed by atoms with van der Waals surface area (Å²) in [7, 11) is 0. The highest BCUT2D eigenvalue weighted by Crippen LogP contribution is 2.19. The summed E-state index contributed by atoms with van der Waals surface area (Å²) in [6.45, 7) is 0.0301. The van der Waals surface area contributed by atoms with Crippen molar-refractivity contribution in [2.75, 3.05) is 5.32 Å². The van der Waals surface area contributed by atoms with Crippen molar-refractivity contribution in [1.82, 2.24) is 9.71 Å². The summed E-state index contributed by atoms with van der Waals surface area (Å²) in [4.78, 5) is 27.8. The Hall–Kier alpha value is -3.46. The number of pyridine rings is 1. The number of nitrogens with zero attached hydrogens (tertiary/aromatic N) is 1. The maximum Gasteiger partial charge on any atom is 0.329 e. The maximum atomic E-state index is 13.2. The van der Waals surface area contributed by atoms with E-state index in [0.29, 0.717) is 34.5 Å². The van der Waals surface area contributed by atoms with Crippen LogP contribution in [0.25, 0.3) is 0 Å². The third-order valence-corrected chi connectivity index (χ3v) is 4.32. The van der Waals surface area contributed by atoms with Crippen LogP contribution in [0.2, 0.25) is 0 Å². The molecule has 0 atom stereocenters. The number of ether oxygens (including phenoxy) is 1. The predicted octanol–water partition coefficient (Wildman–Crippen LogP) is 4.55. The van der Waals surface area contributed by atoms with E-state index in [1.807, 2.05) is 0 Å². The number of hydrogen-bond donors (Lipinski definition) is 2. The zero-order valence-electron chi connectivity index (χ0n) is 14.9. The highest BCUT2D eigenvalue weighted by Gasteiger charge is 2.10. The van der Waals surface area contributed by atoms with E-state index in [1.54, 1.807) is 42.6 Å². The van der Waals surface area contributed by atoms with E-state index in [0.717, 1.165) is 12.1 Å². The topological polar surface area (TPSA) is 80.3 Å².